The molecule has 6 nitrogen and oxygen atoms in total. The van der Waals surface area contributed by atoms with Crippen LogP contribution in [0.15, 0.2) is 91.1 Å². The van der Waals surface area contributed by atoms with E-state index < -0.39 is 29.5 Å². The molecule has 1 aliphatic rings. The number of hydrogen-bond acceptors (Lipinski definition) is 2. The standard InChI is InChI=1S/C30H24F3N5O/c1-2-25-23-18-37(30(39)34-26-17-21(32)13-14-24(26)33)28(19-8-6-9-20(31)16-19)27-12-7-15-36(27)29(23)38(35-25)22-10-4-3-5-11-22/h3-17,28H,2,18H2,1H3,(H,34,39)/t28-/m0/s1. The molecule has 196 valence electrons. The van der Waals surface area contributed by atoms with E-state index in [4.69, 9.17) is 5.10 Å². The maximum Gasteiger partial charge on any atom is 0.323 e. The maximum atomic E-state index is 14.5. The minimum Gasteiger partial charge on any atom is -0.307 e. The van der Waals surface area contributed by atoms with Crippen LogP contribution in [-0.4, -0.2) is 25.3 Å². The molecule has 9 heteroatoms. The maximum absolute atomic E-state index is 14.5. The summed E-state index contributed by atoms with van der Waals surface area (Å²) in [4.78, 5) is 15.4. The number of nitrogens with one attached hydrogen (secondary N) is 1. The van der Waals surface area contributed by atoms with Gasteiger partial charge in [0.05, 0.1) is 35.3 Å². The smallest absolute Gasteiger partial charge is 0.307 e. The highest BCUT2D eigenvalue weighted by Crippen LogP contribution is 2.39. The Morgan fingerprint density at radius 1 is 0.949 bits per heavy atom. The predicted octanol–water partition coefficient (Wildman–Crippen LogP) is 6.78. The topological polar surface area (TPSA) is 55.1 Å². The summed E-state index contributed by atoms with van der Waals surface area (Å²) in [6, 6.07) is 20.9. The molecule has 0 bridgehead atoms. The number of benzene rings is 3. The summed E-state index contributed by atoms with van der Waals surface area (Å²) in [6.07, 6.45) is 2.48. The number of hydrogen-bond donors (Lipinski definition) is 1. The first-order valence-electron chi connectivity index (χ1n) is 12.6. The molecule has 0 aliphatic carbocycles. The summed E-state index contributed by atoms with van der Waals surface area (Å²) in [5.74, 6) is -1.14. The van der Waals surface area contributed by atoms with Crippen LogP contribution in [0.1, 0.15) is 35.5 Å². The average molecular weight is 528 g/mol. The number of carbonyl (C=O) groups excluding carboxylic acids is 1. The van der Waals surface area contributed by atoms with Crippen LogP contribution in [-0.2, 0) is 13.0 Å². The number of fused-ring (bicyclic) bond motifs is 3. The summed E-state index contributed by atoms with van der Waals surface area (Å²) in [5, 5.41) is 7.42. The fraction of sp³-hybridized carbons (Fsp3) is 0.133. The Labute approximate surface area is 222 Å². The molecule has 3 aromatic carbocycles. The molecule has 2 aromatic heterocycles. The minimum absolute atomic E-state index is 0.0942. The third kappa shape index (κ3) is 4.35. The van der Waals surface area contributed by atoms with Gasteiger partial charge >= 0.3 is 6.03 Å². The highest BCUT2D eigenvalue weighted by molar-refractivity contribution is 5.90. The van der Waals surface area contributed by atoms with E-state index in [1.54, 1.807) is 12.1 Å². The Morgan fingerprint density at radius 2 is 1.74 bits per heavy atom. The van der Waals surface area contributed by atoms with Gasteiger partial charge in [0.2, 0.25) is 0 Å². The lowest BCUT2D eigenvalue weighted by molar-refractivity contribution is 0.194. The van der Waals surface area contributed by atoms with Crippen LogP contribution in [0, 0.1) is 17.5 Å². The largest absolute Gasteiger partial charge is 0.323 e. The fourth-order valence-corrected chi connectivity index (χ4v) is 5.16. The molecule has 1 N–H and O–H groups in total. The second kappa shape index (κ2) is 9.83. The van der Waals surface area contributed by atoms with Gasteiger partial charge in [-0.15, -0.1) is 0 Å². The van der Waals surface area contributed by atoms with Gasteiger partial charge in [0, 0.05) is 17.8 Å². The molecule has 0 saturated carbocycles. The lowest BCUT2D eigenvalue weighted by atomic mass is 10.0. The highest BCUT2D eigenvalue weighted by Gasteiger charge is 2.36. The van der Waals surface area contributed by atoms with Gasteiger partial charge in [0.15, 0.2) is 0 Å². The van der Waals surface area contributed by atoms with E-state index in [2.05, 4.69) is 5.32 Å². The quantitative estimate of drug-likeness (QED) is 0.280. The SMILES string of the molecule is CCc1nn(-c2ccccc2)c2c1CN(C(=O)Nc1cc(F)ccc1F)[C@@H](c1cccc(F)c1)c1cccn1-2. The van der Waals surface area contributed by atoms with Crippen LogP contribution in [0.3, 0.4) is 0 Å². The number of para-hydroxylation sites is 1. The van der Waals surface area contributed by atoms with Crippen LogP contribution in [0.5, 0.6) is 0 Å². The van der Waals surface area contributed by atoms with Crippen molar-refractivity contribution in [2.24, 2.45) is 0 Å². The third-order valence-corrected chi connectivity index (χ3v) is 6.90. The van der Waals surface area contributed by atoms with Gasteiger partial charge in [-0.05, 0) is 60.5 Å². The molecule has 3 heterocycles. The average Bonchev–Trinajstić information content (AvgIpc) is 3.52. The zero-order valence-corrected chi connectivity index (χ0v) is 21.0. The van der Waals surface area contributed by atoms with Gasteiger partial charge in [0.25, 0.3) is 0 Å². The first kappa shape index (κ1) is 24.5. The summed E-state index contributed by atoms with van der Waals surface area (Å²) in [6.45, 7) is 2.08. The van der Waals surface area contributed by atoms with Crippen LogP contribution in [0.4, 0.5) is 23.7 Å². The lowest BCUT2D eigenvalue weighted by Gasteiger charge is -2.31. The normalized spacial score (nSPS) is 14.5. The molecule has 0 saturated heterocycles. The van der Waals surface area contributed by atoms with E-state index in [1.165, 1.54) is 17.0 Å². The van der Waals surface area contributed by atoms with Crippen LogP contribution < -0.4 is 5.32 Å². The number of anilines is 1. The second-order valence-electron chi connectivity index (χ2n) is 9.29. The van der Waals surface area contributed by atoms with E-state index in [1.807, 2.05) is 64.8 Å². The van der Waals surface area contributed by atoms with E-state index >= 15 is 0 Å². The third-order valence-electron chi connectivity index (χ3n) is 6.90. The van der Waals surface area contributed by atoms with Crippen molar-refractivity contribution in [3.8, 4) is 11.5 Å². The molecule has 0 spiro atoms. The molecule has 1 atom stereocenters. The Balaban J connectivity index is 1.56. The van der Waals surface area contributed by atoms with Crippen molar-refractivity contribution in [3.05, 3.63) is 131 Å². The zero-order valence-electron chi connectivity index (χ0n) is 21.0. The first-order valence-corrected chi connectivity index (χ1v) is 12.6. The summed E-state index contributed by atoms with van der Waals surface area (Å²) in [5.41, 5.74) is 3.36. The Bertz CT molecular complexity index is 1680. The van der Waals surface area contributed by atoms with E-state index in [-0.39, 0.29) is 12.2 Å². The summed E-state index contributed by atoms with van der Waals surface area (Å²) >= 11 is 0. The van der Waals surface area contributed by atoms with Crippen molar-refractivity contribution in [1.29, 1.82) is 0 Å². The Kier molecular flexibility index (Phi) is 6.18. The summed E-state index contributed by atoms with van der Waals surface area (Å²) in [7, 11) is 0. The first-order chi connectivity index (χ1) is 18.9. The molecule has 1 aliphatic heterocycles. The molecule has 0 fully saturated rings. The predicted molar refractivity (Wildman–Crippen MR) is 141 cm³/mol. The van der Waals surface area contributed by atoms with Crippen LogP contribution in [0.25, 0.3) is 11.5 Å². The number of carbonyl (C=O) groups is 1. The van der Waals surface area contributed by atoms with Crippen LogP contribution in [0.2, 0.25) is 0 Å². The number of halogens is 3. The van der Waals surface area contributed by atoms with Gasteiger partial charge in [-0.2, -0.15) is 5.10 Å². The Morgan fingerprint density at radius 3 is 2.51 bits per heavy atom. The molecular weight excluding hydrogens is 503 g/mol. The van der Waals surface area contributed by atoms with Gasteiger partial charge in [0.1, 0.15) is 23.3 Å². The van der Waals surface area contributed by atoms with Gasteiger partial charge < -0.3 is 14.8 Å². The number of amides is 2. The number of nitrogens with zero attached hydrogens (tertiary/aromatic N) is 4. The molecular formula is C30H24F3N5O. The van der Waals surface area contributed by atoms with Crippen molar-refractivity contribution in [1.82, 2.24) is 19.2 Å². The molecule has 0 unspecified atom stereocenters. The van der Waals surface area contributed by atoms with E-state index in [9.17, 15) is 18.0 Å². The monoisotopic (exact) mass is 527 g/mol. The van der Waals surface area contributed by atoms with Crippen molar-refractivity contribution >= 4 is 11.7 Å². The van der Waals surface area contributed by atoms with Gasteiger partial charge in [-0.1, -0.05) is 37.3 Å². The zero-order chi connectivity index (χ0) is 27.1. The van der Waals surface area contributed by atoms with E-state index in [0.29, 0.717) is 17.7 Å². The summed E-state index contributed by atoms with van der Waals surface area (Å²) < 4.78 is 46.7. The van der Waals surface area contributed by atoms with Gasteiger partial charge in [-0.3, -0.25) is 0 Å². The van der Waals surface area contributed by atoms with Crippen molar-refractivity contribution in [3.63, 3.8) is 0 Å². The number of aromatic nitrogens is 3. The second-order valence-corrected chi connectivity index (χ2v) is 9.29. The number of urea groups is 1. The number of aryl methyl sites for hydroxylation is 1. The molecule has 2 amide bonds. The van der Waals surface area contributed by atoms with Crippen molar-refractivity contribution in [2.75, 3.05) is 5.32 Å². The highest BCUT2D eigenvalue weighted by atomic mass is 19.1. The lowest BCUT2D eigenvalue weighted by Crippen LogP contribution is -2.38. The molecule has 0 radical (unpaired) electrons. The molecule has 39 heavy (non-hydrogen) atoms. The molecule has 5 aromatic rings. The van der Waals surface area contributed by atoms with Crippen LogP contribution >= 0.6 is 0 Å². The number of rotatable bonds is 4. The molecule has 6 rings (SSSR count). The van der Waals surface area contributed by atoms with Crippen molar-refractivity contribution < 1.29 is 18.0 Å². The van der Waals surface area contributed by atoms with Gasteiger partial charge in [-0.25, -0.2) is 22.6 Å². The van der Waals surface area contributed by atoms with E-state index in [0.717, 1.165) is 41.0 Å². The van der Waals surface area contributed by atoms with Crippen molar-refractivity contribution in [2.45, 2.75) is 25.9 Å². The Hall–Kier alpha value is -4.79. The minimum atomic E-state index is -0.767. The fourth-order valence-electron chi connectivity index (χ4n) is 5.16.